The van der Waals surface area contributed by atoms with Crippen molar-refractivity contribution in [2.45, 2.75) is 12.8 Å². The van der Waals surface area contributed by atoms with Crippen LogP contribution in [0.3, 0.4) is 0 Å². The molecule has 1 atom stereocenters. The molecule has 0 saturated carbocycles. The summed E-state index contributed by atoms with van der Waals surface area (Å²) in [7, 11) is 1.32. The second kappa shape index (κ2) is 8.19. The molecule has 1 unspecified atom stereocenters. The molecule has 24 heavy (non-hydrogen) atoms. The van der Waals surface area contributed by atoms with Crippen molar-refractivity contribution in [3.63, 3.8) is 0 Å². The molecule has 0 bridgehead atoms. The number of urea groups is 1. The van der Waals surface area contributed by atoms with Crippen LogP contribution in [0, 0.1) is 5.92 Å². The molecule has 0 aliphatic carbocycles. The number of methoxy groups -OCH3 is 1. The number of hydrogen-bond donors (Lipinski definition) is 2. The van der Waals surface area contributed by atoms with E-state index >= 15 is 0 Å². The van der Waals surface area contributed by atoms with Crippen molar-refractivity contribution in [3.05, 3.63) is 24.3 Å². The van der Waals surface area contributed by atoms with Gasteiger partial charge in [0.25, 0.3) is 0 Å². The minimum atomic E-state index is -0.876. The number of rotatable bonds is 6. The number of carbonyl (C=O) groups excluding carboxylic acids is 2. The molecule has 1 saturated heterocycles. The summed E-state index contributed by atoms with van der Waals surface area (Å²) in [5.74, 6) is -1.15. The van der Waals surface area contributed by atoms with Crippen molar-refractivity contribution in [2.75, 3.05) is 32.1 Å². The molecular formula is C16H20N2O6. The Kier molecular flexibility index (Phi) is 6.00. The van der Waals surface area contributed by atoms with Crippen molar-refractivity contribution in [3.8, 4) is 5.75 Å². The Labute approximate surface area is 139 Å². The number of nitrogens with zero attached hydrogens (tertiary/aromatic N) is 1. The lowest BCUT2D eigenvalue weighted by atomic mass is 10.1. The zero-order valence-electron chi connectivity index (χ0n) is 13.4. The lowest BCUT2D eigenvalue weighted by Gasteiger charge is -2.17. The van der Waals surface area contributed by atoms with Crippen molar-refractivity contribution in [1.29, 1.82) is 0 Å². The smallest absolute Gasteiger partial charge is 0.321 e. The first kappa shape index (κ1) is 17.6. The number of nitrogens with one attached hydrogen (secondary N) is 1. The number of carboxylic acids is 1. The van der Waals surface area contributed by atoms with Gasteiger partial charge < -0.3 is 24.8 Å². The van der Waals surface area contributed by atoms with Crippen molar-refractivity contribution >= 4 is 23.7 Å². The molecular weight excluding hydrogens is 316 g/mol. The summed E-state index contributed by atoms with van der Waals surface area (Å²) in [4.78, 5) is 35.5. The predicted octanol–water partition coefficient (Wildman–Crippen LogP) is 1.57. The maximum Gasteiger partial charge on any atom is 0.321 e. The lowest BCUT2D eigenvalue weighted by molar-refractivity contribution is -0.142. The van der Waals surface area contributed by atoms with E-state index in [1.54, 1.807) is 24.3 Å². The number of carbonyl (C=O) groups is 3. The third-order valence-electron chi connectivity index (χ3n) is 3.73. The standard InChI is InChI=1S/C16H20N2O6/c1-23-14(19)7-9-24-13-4-2-12(3-5-13)17-16(22)18-8-6-11(10-18)15(20)21/h2-5,11H,6-10H2,1H3,(H,17,22)(H,20,21). The van der Waals surface area contributed by atoms with Crippen LogP contribution in [0.15, 0.2) is 24.3 Å². The van der Waals surface area contributed by atoms with Gasteiger partial charge in [-0.15, -0.1) is 0 Å². The molecule has 2 rings (SSSR count). The monoisotopic (exact) mass is 336 g/mol. The van der Waals surface area contributed by atoms with Gasteiger partial charge in [0.1, 0.15) is 5.75 Å². The molecule has 8 heteroatoms. The van der Waals surface area contributed by atoms with Crippen LogP contribution in [0.2, 0.25) is 0 Å². The van der Waals surface area contributed by atoms with Crippen LogP contribution < -0.4 is 10.1 Å². The van der Waals surface area contributed by atoms with Crippen molar-refractivity contribution in [2.24, 2.45) is 5.92 Å². The summed E-state index contributed by atoms with van der Waals surface area (Å²) in [6, 6.07) is 6.39. The highest BCUT2D eigenvalue weighted by molar-refractivity contribution is 5.90. The Balaban J connectivity index is 1.80. The van der Waals surface area contributed by atoms with Crippen LogP contribution in [0.25, 0.3) is 0 Å². The van der Waals surface area contributed by atoms with Gasteiger partial charge in [-0.3, -0.25) is 9.59 Å². The topological polar surface area (TPSA) is 105 Å². The Morgan fingerprint density at radius 2 is 2.00 bits per heavy atom. The van der Waals surface area contributed by atoms with Crippen LogP contribution in [0.1, 0.15) is 12.8 Å². The Bertz CT molecular complexity index is 601. The van der Waals surface area contributed by atoms with E-state index in [2.05, 4.69) is 10.1 Å². The van der Waals surface area contributed by atoms with Crippen LogP contribution in [-0.4, -0.2) is 54.8 Å². The summed E-state index contributed by atoms with van der Waals surface area (Å²) in [6.07, 6.45) is 0.629. The Morgan fingerprint density at radius 1 is 1.29 bits per heavy atom. The van der Waals surface area contributed by atoms with Crippen molar-refractivity contribution in [1.82, 2.24) is 4.90 Å². The normalized spacial score (nSPS) is 16.5. The van der Waals surface area contributed by atoms with Crippen LogP contribution in [0.5, 0.6) is 5.75 Å². The van der Waals surface area contributed by atoms with E-state index in [1.807, 2.05) is 0 Å². The lowest BCUT2D eigenvalue weighted by Crippen LogP contribution is -2.33. The minimum absolute atomic E-state index is 0.161. The third kappa shape index (κ3) is 4.87. The molecule has 0 spiro atoms. The molecule has 8 nitrogen and oxygen atoms in total. The molecule has 1 fully saturated rings. The fourth-order valence-electron chi connectivity index (χ4n) is 2.34. The molecule has 1 aliphatic rings. The number of anilines is 1. The SMILES string of the molecule is COC(=O)CCOc1ccc(NC(=O)N2CCC(C(=O)O)C2)cc1. The molecule has 0 radical (unpaired) electrons. The van der Waals surface area contributed by atoms with Gasteiger partial charge in [-0.25, -0.2) is 4.79 Å². The minimum Gasteiger partial charge on any atom is -0.493 e. The first-order valence-electron chi connectivity index (χ1n) is 7.58. The Morgan fingerprint density at radius 3 is 2.58 bits per heavy atom. The number of aliphatic carboxylic acids is 1. The summed E-state index contributed by atoms with van der Waals surface area (Å²) in [5, 5.41) is 11.7. The second-order valence-corrected chi connectivity index (χ2v) is 5.40. The van der Waals surface area contributed by atoms with Crippen molar-refractivity contribution < 1.29 is 29.0 Å². The number of esters is 1. The molecule has 1 aromatic rings. The average molecular weight is 336 g/mol. The van der Waals surface area contributed by atoms with Gasteiger partial charge in [-0.05, 0) is 30.7 Å². The van der Waals surface area contributed by atoms with Crippen LogP contribution in [0.4, 0.5) is 10.5 Å². The van der Waals surface area contributed by atoms with E-state index in [4.69, 9.17) is 9.84 Å². The van der Waals surface area contributed by atoms with E-state index in [9.17, 15) is 14.4 Å². The predicted molar refractivity (Wildman–Crippen MR) is 84.9 cm³/mol. The molecule has 1 heterocycles. The molecule has 1 aliphatic heterocycles. The van der Waals surface area contributed by atoms with Gasteiger partial charge in [-0.1, -0.05) is 0 Å². The summed E-state index contributed by atoms with van der Waals surface area (Å²) in [5.41, 5.74) is 0.582. The molecule has 0 aromatic heterocycles. The first-order valence-corrected chi connectivity index (χ1v) is 7.58. The van der Waals surface area contributed by atoms with Crippen LogP contribution in [-0.2, 0) is 14.3 Å². The second-order valence-electron chi connectivity index (χ2n) is 5.40. The number of benzene rings is 1. The zero-order valence-corrected chi connectivity index (χ0v) is 13.4. The maximum absolute atomic E-state index is 12.1. The number of amides is 2. The highest BCUT2D eigenvalue weighted by Gasteiger charge is 2.30. The van der Waals surface area contributed by atoms with Gasteiger partial charge >= 0.3 is 18.0 Å². The highest BCUT2D eigenvalue weighted by atomic mass is 16.5. The number of carboxylic acid groups (broad SMARTS) is 1. The van der Waals surface area contributed by atoms with E-state index < -0.39 is 11.9 Å². The largest absolute Gasteiger partial charge is 0.493 e. The van der Waals surface area contributed by atoms with E-state index in [0.717, 1.165) is 0 Å². The van der Waals surface area contributed by atoms with Gasteiger partial charge in [0.05, 0.1) is 26.1 Å². The number of likely N-dealkylation sites (tertiary alicyclic amines) is 1. The molecule has 1 aromatic carbocycles. The number of ether oxygens (including phenoxy) is 2. The molecule has 2 N–H and O–H groups in total. The highest BCUT2D eigenvalue weighted by Crippen LogP contribution is 2.19. The third-order valence-corrected chi connectivity index (χ3v) is 3.73. The van der Waals surface area contributed by atoms with E-state index in [1.165, 1.54) is 12.0 Å². The first-order chi connectivity index (χ1) is 11.5. The summed E-state index contributed by atoms with van der Waals surface area (Å²) < 4.78 is 9.90. The molecule has 130 valence electrons. The summed E-state index contributed by atoms with van der Waals surface area (Å²) >= 11 is 0. The van der Waals surface area contributed by atoms with E-state index in [-0.39, 0.29) is 31.6 Å². The summed E-state index contributed by atoms with van der Waals surface area (Å²) in [6.45, 7) is 0.857. The maximum atomic E-state index is 12.1. The van der Waals surface area contributed by atoms with Gasteiger partial charge in [0, 0.05) is 18.8 Å². The fraction of sp³-hybridized carbons (Fsp3) is 0.438. The van der Waals surface area contributed by atoms with Gasteiger partial charge in [0.2, 0.25) is 0 Å². The quantitative estimate of drug-likeness (QED) is 0.764. The fourth-order valence-corrected chi connectivity index (χ4v) is 2.34. The van der Waals surface area contributed by atoms with E-state index in [0.29, 0.717) is 24.4 Å². The average Bonchev–Trinajstić information content (AvgIpc) is 3.06. The Hall–Kier alpha value is -2.77. The zero-order chi connectivity index (χ0) is 17.5. The number of hydrogen-bond acceptors (Lipinski definition) is 5. The van der Waals surface area contributed by atoms with Gasteiger partial charge in [-0.2, -0.15) is 0 Å². The molecule has 2 amide bonds. The van der Waals surface area contributed by atoms with Gasteiger partial charge in [0.15, 0.2) is 0 Å². The van der Waals surface area contributed by atoms with Crippen LogP contribution >= 0.6 is 0 Å².